The zero-order valence-electron chi connectivity index (χ0n) is 9.06. The number of rotatable bonds is 2. The summed E-state index contributed by atoms with van der Waals surface area (Å²) >= 11 is 0. The number of aryl methyl sites for hydroxylation is 1. The number of aromatic nitrogens is 1. The summed E-state index contributed by atoms with van der Waals surface area (Å²) in [6.45, 7) is 2.87. The van der Waals surface area contributed by atoms with Crippen molar-refractivity contribution in [1.82, 2.24) is 4.57 Å². The van der Waals surface area contributed by atoms with Gasteiger partial charge in [-0.3, -0.25) is 4.79 Å². The predicted octanol–water partition coefficient (Wildman–Crippen LogP) is 0.975. The van der Waals surface area contributed by atoms with Gasteiger partial charge in [-0.25, -0.2) is 0 Å². The summed E-state index contributed by atoms with van der Waals surface area (Å²) in [6.07, 6.45) is 3.07. The van der Waals surface area contributed by atoms with Crippen LogP contribution in [0.25, 0.3) is 0 Å². The highest BCUT2D eigenvalue weighted by molar-refractivity contribution is 5.41. The molecule has 1 aromatic rings. The van der Waals surface area contributed by atoms with Crippen LogP contribution in [0.15, 0.2) is 23.1 Å². The Morgan fingerprint density at radius 1 is 1.53 bits per heavy atom. The lowest BCUT2D eigenvalue weighted by atomic mass is 10.1. The van der Waals surface area contributed by atoms with E-state index in [-0.39, 0.29) is 11.7 Å². The number of ether oxygens (including phenoxy) is 1. The molecule has 2 rings (SSSR count). The molecule has 0 bridgehead atoms. The third-order valence-corrected chi connectivity index (χ3v) is 2.81. The van der Waals surface area contributed by atoms with Gasteiger partial charge in [0.25, 0.3) is 0 Å². The fourth-order valence-electron chi connectivity index (χ4n) is 1.81. The van der Waals surface area contributed by atoms with Crippen molar-refractivity contribution in [3.8, 4) is 0 Å². The Hall–Kier alpha value is -1.29. The lowest BCUT2D eigenvalue weighted by molar-refractivity contribution is 0.121. The minimum atomic E-state index is 0.0104. The lowest BCUT2D eigenvalue weighted by Crippen LogP contribution is -2.27. The number of hydrogen-bond acceptors (Lipinski definition) is 3. The Morgan fingerprint density at radius 2 is 2.33 bits per heavy atom. The summed E-state index contributed by atoms with van der Waals surface area (Å²) in [6, 6.07) is 3.73. The second-order valence-electron chi connectivity index (χ2n) is 3.98. The molecular formula is C11H16N2O2. The molecule has 1 aromatic heterocycles. The van der Waals surface area contributed by atoms with Gasteiger partial charge in [-0.05, 0) is 19.4 Å². The largest absolute Gasteiger partial charge is 0.378 e. The maximum Gasteiger partial charge on any atom is 0.250 e. The zero-order valence-corrected chi connectivity index (χ0v) is 9.06. The van der Waals surface area contributed by atoms with Gasteiger partial charge in [0.1, 0.15) is 0 Å². The summed E-state index contributed by atoms with van der Waals surface area (Å²) in [5, 5.41) is 3.37. The first-order valence-electron chi connectivity index (χ1n) is 5.21. The van der Waals surface area contributed by atoms with Crippen LogP contribution in [0.4, 0.5) is 5.69 Å². The molecule has 1 fully saturated rings. The Bertz CT molecular complexity index is 400. The first-order valence-corrected chi connectivity index (χ1v) is 5.21. The van der Waals surface area contributed by atoms with Crippen LogP contribution in [0, 0.1) is 0 Å². The number of nitrogens with zero attached hydrogens (tertiary/aromatic N) is 1. The van der Waals surface area contributed by atoms with E-state index >= 15 is 0 Å². The van der Waals surface area contributed by atoms with Crippen LogP contribution < -0.4 is 10.9 Å². The van der Waals surface area contributed by atoms with E-state index in [0.717, 1.165) is 18.7 Å². The first-order chi connectivity index (χ1) is 7.16. The van der Waals surface area contributed by atoms with Gasteiger partial charge in [0.05, 0.1) is 17.8 Å². The molecule has 1 N–H and O–H groups in total. The predicted molar refractivity (Wildman–Crippen MR) is 59.1 cm³/mol. The van der Waals surface area contributed by atoms with Crippen LogP contribution in [-0.2, 0) is 11.8 Å². The molecule has 0 spiro atoms. The Morgan fingerprint density at radius 3 is 2.93 bits per heavy atom. The van der Waals surface area contributed by atoms with Gasteiger partial charge in [-0.15, -0.1) is 0 Å². The smallest absolute Gasteiger partial charge is 0.250 e. The molecule has 2 atom stereocenters. The molecule has 0 radical (unpaired) electrons. The van der Waals surface area contributed by atoms with Crippen molar-refractivity contribution in [2.24, 2.45) is 7.05 Å². The van der Waals surface area contributed by atoms with Crippen molar-refractivity contribution in [2.45, 2.75) is 25.5 Å². The van der Waals surface area contributed by atoms with Gasteiger partial charge in [-0.1, -0.05) is 0 Å². The van der Waals surface area contributed by atoms with Crippen LogP contribution in [-0.4, -0.2) is 23.3 Å². The number of hydrogen-bond donors (Lipinski definition) is 1. The second kappa shape index (κ2) is 4.06. The van der Waals surface area contributed by atoms with Crippen molar-refractivity contribution in [3.63, 3.8) is 0 Å². The van der Waals surface area contributed by atoms with Gasteiger partial charge in [0.2, 0.25) is 5.56 Å². The number of pyridine rings is 1. The van der Waals surface area contributed by atoms with E-state index < -0.39 is 0 Å². The molecule has 1 aliphatic heterocycles. The van der Waals surface area contributed by atoms with Crippen LogP contribution in [0.5, 0.6) is 0 Å². The topological polar surface area (TPSA) is 43.3 Å². The number of nitrogens with one attached hydrogen (secondary N) is 1. The molecule has 15 heavy (non-hydrogen) atoms. The van der Waals surface area contributed by atoms with Crippen LogP contribution in [0.2, 0.25) is 0 Å². The molecule has 0 aliphatic carbocycles. The van der Waals surface area contributed by atoms with Crippen LogP contribution in [0.3, 0.4) is 0 Å². The maximum atomic E-state index is 11.2. The Kier molecular flexibility index (Phi) is 2.77. The highest BCUT2D eigenvalue weighted by atomic mass is 16.5. The molecule has 2 heterocycles. The van der Waals surface area contributed by atoms with Gasteiger partial charge in [-0.2, -0.15) is 0 Å². The normalized spacial score (nSPS) is 25.5. The lowest BCUT2D eigenvalue weighted by Gasteiger charge is -2.17. The van der Waals surface area contributed by atoms with E-state index in [2.05, 4.69) is 12.2 Å². The second-order valence-corrected chi connectivity index (χ2v) is 3.98. The highest BCUT2D eigenvalue weighted by Crippen LogP contribution is 2.17. The summed E-state index contributed by atoms with van der Waals surface area (Å²) in [5.74, 6) is 0. The monoisotopic (exact) mass is 208 g/mol. The maximum absolute atomic E-state index is 11.2. The van der Waals surface area contributed by atoms with E-state index in [0.29, 0.717) is 6.04 Å². The average molecular weight is 208 g/mol. The van der Waals surface area contributed by atoms with Gasteiger partial charge in [0, 0.05) is 25.9 Å². The zero-order chi connectivity index (χ0) is 10.8. The summed E-state index contributed by atoms with van der Waals surface area (Å²) < 4.78 is 7.03. The molecule has 2 unspecified atom stereocenters. The van der Waals surface area contributed by atoms with E-state index in [1.54, 1.807) is 17.7 Å². The van der Waals surface area contributed by atoms with Gasteiger partial charge < -0.3 is 14.6 Å². The Balaban J connectivity index is 2.10. The fraction of sp³-hybridized carbons (Fsp3) is 0.545. The molecule has 0 saturated carbocycles. The SMILES string of the molecule is CC1OCCC1Nc1ccc(=O)n(C)c1. The standard InChI is InChI=1S/C11H16N2O2/c1-8-10(5-6-15-8)12-9-3-4-11(14)13(2)7-9/h3-4,7-8,10,12H,5-6H2,1-2H3. The fourth-order valence-corrected chi connectivity index (χ4v) is 1.81. The van der Waals surface area contributed by atoms with Crippen molar-refractivity contribution in [1.29, 1.82) is 0 Å². The minimum absolute atomic E-state index is 0.0104. The molecule has 4 nitrogen and oxygen atoms in total. The van der Waals surface area contributed by atoms with Crippen molar-refractivity contribution < 1.29 is 4.74 Å². The minimum Gasteiger partial charge on any atom is -0.378 e. The molecule has 0 amide bonds. The molecule has 1 aliphatic rings. The van der Waals surface area contributed by atoms with Crippen LogP contribution >= 0.6 is 0 Å². The first kappa shape index (κ1) is 10.2. The van der Waals surface area contributed by atoms with E-state index in [9.17, 15) is 4.79 Å². The third kappa shape index (κ3) is 2.21. The molecule has 1 saturated heterocycles. The third-order valence-electron chi connectivity index (χ3n) is 2.81. The molecule has 4 heteroatoms. The Labute approximate surface area is 88.9 Å². The summed E-state index contributed by atoms with van der Waals surface area (Å²) in [5.41, 5.74) is 0.982. The van der Waals surface area contributed by atoms with E-state index in [1.165, 1.54) is 0 Å². The van der Waals surface area contributed by atoms with E-state index in [1.807, 2.05) is 12.3 Å². The van der Waals surface area contributed by atoms with Gasteiger partial charge >= 0.3 is 0 Å². The summed E-state index contributed by atoms with van der Waals surface area (Å²) in [7, 11) is 1.75. The molecule has 0 aromatic carbocycles. The van der Waals surface area contributed by atoms with Crippen molar-refractivity contribution in [2.75, 3.05) is 11.9 Å². The quantitative estimate of drug-likeness (QED) is 0.787. The molecule has 82 valence electrons. The summed E-state index contributed by atoms with van der Waals surface area (Å²) in [4.78, 5) is 11.2. The average Bonchev–Trinajstić information content (AvgIpc) is 2.59. The molecular weight excluding hydrogens is 192 g/mol. The van der Waals surface area contributed by atoms with Crippen LogP contribution in [0.1, 0.15) is 13.3 Å². The number of anilines is 1. The highest BCUT2D eigenvalue weighted by Gasteiger charge is 2.23. The van der Waals surface area contributed by atoms with Crippen molar-refractivity contribution in [3.05, 3.63) is 28.7 Å². The van der Waals surface area contributed by atoms with Crippen molar-refractivity contribution >= 4 is 5.69 Å². The van der Waals surface area contributed by atoms with Gasteiger partial charge in [0.15, 0.2) is 0 Å². The van der Waals surface area contributed by atoms with E-state index in [4.69, 9.17) is 4.74 Å².